The lowest BCUT2D eigenvalue weighted by molar-refractivity contribution is -0.136. The molecular weight excluding hydrogens is 444 g/mol. The molecule has 1 aliphatic carbocycles. The Morgan fingerprint density at radius 1 is 1.03 bits per heavy atom. The predicted octanol–water partition coefficient (Wildman–Crippen LogP) is 4.56. The van der Waals surface area contributed by atoms with Crippen molar-refractivity contribution in [1.82, 2.24) is 9.88 Å². The maximum absolute atomic E-state index is 13.7. The highest BCUT2D eigenvalue weighted by molar-refractivity contribution is 6.23. The zero-order chi connectivity index (χ0) is 24.4. The average molecular weight is 469 g/mol. The van der Waals surface area contributed by atoms with Gasteiger partial charge in [-0.1, -0.05) is 24.3 Å². The quantitative estimate of drug-likeness (QED) is 0.568. The first-order valence-corrected chi connectivity index (χ1v) is 11.4. The molecule has 6 rings (SSSR count). The molecule has 0 saturated carbocycles. The SMILES string of the molecule is COC(=O)C1=C(C)NC2=C(C(=O)c3ccccc32)[C@H]1c1cc(C)n(-c2ccc3c(c2)OCO3)c1C. The van der Waals surface area contributed by atoms with Crippen molar-refractivity contribution < 1.29 is 23.8 Å². The number of aryl methyl sites for hydroxylation is 1. The Hall–Kier alpha value is -4.26. The summed E-state index contributed by atoms with van der Waals surface area (Å²) >= 11 is 0. The lowest BCUT2D eigenvalue weighted by Crippen LogP contribution is -2.29. The Morgan fingerprint density at radius 3 is 2.54 bits per heavy atom. The van der Waals surface area contributed by atoms with E-state index in [1.807, 2.05) is 69.3 Å². The van der Waals surface area contributed by atoms with E-state index in [2.05, 4.69) is 9.88 Å². The number of hydrogen-bond acceptors (Lipinski definition) is 6. The van der Waals surface area contributed by atoms with E-state index in [-0.39, 0.29) is 12.6 Å². The molecule has 0 radical (unpaired) electrons. The predicted molar refractivity (Wildman–Crippen MR) is 130 cm³/mol. The third-order valence-electron chi connectivity index (χ3n) is 7.05. The monoisotopic (exact) mass is 468 g/mol. The van der Waals surface area contributed by atoms with Crippen LogP contribution in [0.4, 0.5) is 0 Å². The Kier molecular flexibility index (Phi) is 4.64. The van der Waals surface area contributed by atoms with Gasteiger partial charge in [-0.05, 0) is 44.5 Å². The summed E-state index contributed by atoms with van der Waals surface area (Å²) in [7, 11) is 1.37. The van der Waals surface area contributed by atoms with E-state index in [9.17, 15) is 9.59 Å². The molecule has 2 aliphatic heterocycles. The summed E-state index contributed by atoms with van der Waals surface area (Å²) in [4.78, 5) is 26.7. The molecule has 35 heavy (non-hydrogen) atoms. The number of dihydropyridines is 1. The van der Waals surface area contributed by atoms with Crippen molar-refractivity contribution in [2.75, 3.05) is 13.9 Å². The van der Waals surface area contributed by atoms with Gasteiger partial charge < -0.3 is 24.1 Å². The van der Waals surface area contributed by atoms with Crippen molar-refractivity contribution in [3.8, 4) is 17.2 Å². The Labute approximate surface area is 202 Å². The molecule has 0 unspecified atom stereocenters. The molecule has 0 bridgehead atoms. The molecule has 176 valence electrons. The van der Waals surface area contributed by atoms with Crippen molar-refractivity contribution in [2.24, 2.45) is 0 Å². The molecule has 3 aromatic rings. The number of aromatic nitrogens is 1. The lowest BCUT2D eigenvalue weighted by Gasteiger charge is -2.29. The lowest BCUT2D eigenvalue weighted by atomic mass is 9.79. The normalized spacial score (nSPS) is 17.9. The number of fused-ring (bicyclic) bond motifs is 3. The number of nitrogens with one attached hydrogen (secondary N) is 1. The first-order valence-electron chi connectivity index (χ1n) is 11.4. The minimum Gasteiger partial charge on any atom is -0.466 e. The molecule has 7 nitrogen and oxygen atoms in total. The van der Waals surface area contributed by atoms with Gasteiger partial charge in [0.05, 0.1) is 24.3 Å². The molecule has 0 fully saturated rings. The summed E-state index contributed by atoms with van der Waals surface area (Å²) < 4.78 is 18.3. The van der Waals surface area contributed by atoms with Crippen LogP contribution in [0.5, 0.6) is 11.5 Å². The molecule has 0 spiro atoms. The van der Waals surface area contributed by atoms with Gasteiger partial charge in [0.2, 0.25) is 6.79 Å². The summed E-state index contributed by atoms with van der Waals surface area (Å²) in [5, 5.41) is 3.33. The van der Waals surface area contributed by atoms with Crippen molar-refractivity contribution in [3.05, 3.63) is 93.5 Å². The van der Waals surface area contributed by atoms with E-state index in [4.69, 9.17) is 14.2 Å². The Morgan fingerprint density at radius 2 is 1.77 bits per heavy atom. The largest absolute Gasteiger partial charge is 0.466 e. The molecule has 0 amide bonds. The fourth-order valence-electron chi connectivity index (χ4n) is 5.52. The maximum atomic E-state index is 13.7. The fourth-order valence-corrected chi connectivity index (χ4v) is 5.52. The Bertz CT molecular complexity index is 1510. The smallest absolute Gasteiger partial charge is 0.336 e. The van der Waals surface area contributed by atoms with E-state index in [0.717, 1.165) is 33.9 Å². The molecule has 3 aliphatic rings. The van der Waals surface area contributed by atoms with E-state index in [1.54, 1.807) is 0 Å². The van der Waals surface area contributed by atoms with Crippen molar-refractivity contribution in [1.29, 1.82) is 0 Å². The van der Waals surface area contributed by atoms with Gasteiger partial charge in [0.1, 0.15) is 0 Å². The molecule has 0 saturated heterocycles. The van der Waals surface area contributed by atoms with Gasteiger partial charge in [0, 0.05) is 45.5 Å². The zero-order valence-electron chi connectivity index (χ0n) is 19.9. The number of rotatable bonds is 3. The van der Waals surface area contributed by atoms with Crippen LogP contribution in [0, 0.1) is 13.8 Å². The zero-order valence-corrected chi connectivity index (χ0v) is 19.9. The molecule has 1 N–H and O–H groups in total. The minimum atomic E-state index is -0.562. The summed E-state index contributed by atoms with van der Waals surface area (Å²) in [5.41, 5.74) is 7.65. The van der Waals surface area contributed by atoms with E-state index in [1.165, 1.54) is 7.11 Å². The van der Waals surface area contributed by atoms with Crippen LogP contribution in [0.1, 0.15) is 45.7 Å². The number of carbonyl (C=O) groups excluding carboxylic acids is 2. The van der Waals surface area contributed by atoms with Crippen LogP contribution in [-0.4, -0.2) is 30.2 Å². The third kappa shape index (κ3) is 2.97. The van der Waals surface area contributed by atoms with Crippen LogP contribution >= 0.6 is 0 Å². The maximum Gasteiger partial charge on any atom is 0.336 e. The number of benzene rings is 2. The summed E-state index contributed by atoms with van der Waals surface area (Å²) in [6.07, 6.45) is 0. The van der Waals surface area contributed by atoms with E-state index >= 15 is 0 Å². The number of hydrogen-bond donors (Lipinski definition) is 1. The van der Waals surface area contributed by atoms with Crippen LogP contribution in [0.3, 0.4) is 0 Å². The second kappa shape index (κ2) is 7.63. The molecular formula is C28H24N2O5. The van der Waals surface area contributed by atoms with Crippen LogP contribution in [0.15, 0.2) is 65.4 Å². The number of carbonyl (C=O) groups is 2. The number of methoxy groups -OCH3 is 1. The van der Waals surface area contributed by atoms with Crippen LogP contribution in [0.25, 0.3) is 11.4 Å². The van der Waals surface area contributed by atoms with Crippen molar-refractivity contribution in [3.63, 3.8) is 0 Å². The minimum absolute atomic E-state index is 0.0742. The van der Waals surface area contributed by atoms with Crippen LogP contribution in [0.2, 0.25) is 0 Å². The number of esters is 1. The van der Waals surface area contributed by atoms with Gasteiger partial charge in [-0.3, -0.25) is 4.79 Å². The van der Waals surface area contributed by atoms with Gasteiger partial charge in [-0.25, -0.2) is 4.79 Å². The standard InChI is InChI=1S/C28H24N2O5/c1-14-11-20(16(3)30(14)17-9-10-21-22(12-17)35-13-34-21)24-23(28(32)33-4)15(2)29-26-18-7-5-6-8-19(18)27(31)25(24)26/h5-12,24,29H,13H2,1-4H3/t24-/m0/s1. The first-order chi connectivity index (χ1) is 16.9. The number of ether oxygens (including phenoxy) is 3. The molecule has 3 heterocycles. The van der Waals surface area contributed by atoms with Gasteiger partial charge in [-0.15, -0.1) is 0 Å². The number of nitrogens with zero attached hydrogens (tertiary/aromatic N) is 1. The van der Waals surface area contributed by atoms with Crippen molar-refractivity contribution >= 4 is 17.4 Å². The van der Waals surface area contributed by atoms with Gasteiger partial charge in [0.15, 0.2) is 17.3 Å². The third-order valence-corrected chi connectivity index (χ3v) is 7.05. The first kappa shape index (κ1) is 21.3. The van der Waals surface area contributed by atoms with Gasteiger partial charge >= 0.3 is 5.97 Å². The van der Waals surface area contributed by atoms with Crippen molar-refractivity contribution in [2.45, 2.75) is 26.7 Å². The number of allylic oxidation sites excluding steroid dienone is 2. The molecule has 1 atom stereocenters. The second-order valence-electron chi connectivity index (χ2n) is 8.95. The summed E-state index contributed by atoms with van der Waals surface area (Å²) in [6.45, 7) is 6.07. The van der Waals surface area contributed by atoms with E-state index < -0.39 is 11.9 Å². The number of Topliss-reactive ketones (excluding diaryl/α,β-unsaturated/α-hetero) is 1. The average Bonchev–Trinajstić information content (AvgIpc) is 3.52. The second-order valence-corrected chi connectivity index (χ2v) is 8.95. The Balaban J connectivity index is 1.56. The highest BCUT2D eigenvalue weighted by atomic mass is 16.7. The highest BCUT2D eigenvalue weighted by Gasteiger charge is 2.44. The van der Waals surface area contributed by atoms with Gasteiger partial charge in [0.25, 0.3) is 0 Å². The molecule has 7 heteroatoms. The summed E-state index contributed by atoms with van der Waals surface area (Å²) in [6, 6.07) is 15.4. The van der Waals surface area contributed by atoms with E-state index in [0.29, 0.717) is 33.9 Å². The van der Waals surface area contributed by atoms with Gasteiger partial charge in [-0.2, -0.15) is 0 Å². The molecule has 2 aromatic carbocycles. The fraction of sp³-hybridized carbons (Fsp3) is 0.214. The summed E-state index contributed by atoms with van der Waals surface area (Å²) in [5.74, 6) is 0.312. The highest BCUT2D eigenvalue weighted by Crippen LogP contribution is 2.48. The van der Waals surface area contributed by atoms with Crippen LogP contribution in [-0.2, 0) is 9.53 Å². The molecule has 1 aromatic heterocycles. The number of ketones is 1. The topological polar surface area (TPSA) is 78.8 Å². The van der Waals surface area contributed by atoms with Crippen LogP contribution < -0.4 is 14.8 Å².